The molecule has 0 atom stereocenters. The average Bonchev–Trinajstić information content (AvgIpc) is 2.94. The van der Waals surface area contributed by atoms with E-state index in [4.69, 9.17) is 9.26 Å². The minimum Gasteiger partial charge on any atom is -0.375 e. The lowest BCUT2D eigenvalue weighted by atomic mass is 10.3. The number of rotatable bonds is 6. The molecule has 5 heteroatoms. The summed E-state index contributed by atoms with van der Waals surface area (Å²) in [6, 6.07) is 1.83. The molecule has 19 heavy (non-hydrogen) atoms. The van der Waals surface area contributed by atoms with Crippen LogP contribution >= 0.6 is 0 Å². The van der Waals surface area contributed by atoms with Gasteiger partial charge in [-0.25, -0.2) is 0 Å². The molecule has 0 amide bonds. The number of nitrogens with one attached hydrogen (secondary N) is 1. The summed E-state index contributed by atoms with van der Waals surface area (Å²) >= 11 is 0. The molecule has 1 aromatic rings. The number of ether oxygens (including phenoxy) is 1. The first-order chi connectivity index (χ1) is 9.36. The zero-order valence-electron chi connectivity index (χ0n) is 12.2. The summed E-state index contributed by atoms with van der Waals surface area (Å²) in [7, 11) is 0. The molecule has 1 aliphatic heterocycles. The van der Waals surface area contributed by atoms with Crippen molar-refractivity contribution >= 4 is 0 Å². The lowest BCUT2D eigenvalue weighted by Crippen LogP contribution is -2.43. The third kappa shape index (κ3) is 7.97. The predicted molar refractivity (Wildman–Crippen MR) is 76.1 cm³/mol. The van der Waals surface area contributed by atoms with E-state index in [-0.39, 0.29) is 0 Å². The lowest BCUT2D eigenvalue weighted by molar-refractivity contribution is 0.102. The molecule has 0 unspecified atom stereocenters. The molecule has 2 rings (SSSR count). The number of aromatic nitrogens is 1. The van der Waals surface area contributed by atoms with E-state index in [9.17, 15) is 0 Å². The maximum atomic E-state index is 5.50. The fourth-order valence-electron chi connectivity index (χ4n) is 1.81. The van der Waals surface area contributed by atoms with Crippen LogP contribution in [0.5, 0.6) is 0 Å². The molecule has 0 aromatic carbocycles. The minimum atomic E-state index is 0.554. The standard InChI is InChI=1S/C11H19N3O2.C3H8/c1(5-14-6-3-12-4-7-14)8-15-10-11-2-9-16-13-11;1-3-2/h2,9,12H,1,3-8,10H2;3H2,1-2H3. The van der Waals surface area contributed by atoms with E-state index in [0.29, 0.717) is 6.61 Å². The number of hydrogen-bond donors (Lipinski definition) is 1. The molecule has 5 nitrogen and oxygen atoms in total. The van der Waals surface area contributed by atoms with Crippen molar-refractivity contribution in [3.8, 4) is 0 Å². The predicted octanol–water partition coefficient (Wildman–Crippen LogP) is 1.90. The first-order valence-electron chi connectivity index (χ1n) is 7.26. The molecular weight excluding hydrogens is 242 g/mol. The Morgan fingerprint density at radius 2 is 2.11 bits per heavy atom. The first-order valence-corrected chi connectivity index (χ1v) is 7.26. The smallest absolute Gasteiger partial charge is 0.124 e. The highest BCUT2D eigenvalue weighted by Gasteiger charge is 2.08. The molecule has 1 N–H and O–H groups in total. The summed E-state index contributed by atoms with van der Waals surface area (Å²) in [5.41, 5.74) is 0.863. The SMILES string of the molecule is CCC.c1cc(COCCCN2CCNCC2)no1. The second kappa shape index (κ2) is 11.0. The van der Waals surface area contributed by atoms with E-state index in [1.165, 1.54) is 6.42 Å². The molecule has 2 heterocycles. The van der Waals surface area contributed by atoms with Crippen molar-refractivity contribution in [1.82, 2.24) is 15.4 Å². The van der Waals surface area contributed by atoms with Gasteiger partial charge in [0.15, 0.2) is 0 Å². The van der Waals surface area contributed by atoms with Gasteiger partial charge in [0.1, 0.15) is 12.0 Å². The fourth-order valence-corrected chi connectivity index (χ4v) is 1.81. The van der Waals surface area contributed by atoms with Crippen molar-refractivity contribution < 1.29 is 9.26 Å². The first kappa shape index (κ1) is 16.1. The van der Waals surface area contributed by atoms with E-state index in [2.05, 4.69) is 29.2 Å². The maximum absolute atomic E-state index is 5.50. The second-order valence-electron chi connectivity index (χ2n) is 4.70. The largest absolute Gasteiger partial charge is 0.375 e. The van der Waals surface area contributed by atoms with E-state index >= 15 is 0 Å². The Morgan fingerprint density at radius 3 is 2.74 bits per heavy atom. The van der Waals surface area contributed by atoms with Crippen molar-refractivity contribution in [2.45, 2.75) is 33.3 Å². The van der Waals surface area contributed by atoms with Crippen molar-refractivity contribution in [3.63, 3.8) is 0 Å². The van der Waals surface area contributed by atoms with Crippen LogP contribution in [0.4, 0.5) is 0 Å². The summed E-state index contributed by atoms with van der Waals surface area (Å²) in [5.74, 6) is 0. The fraction of sp³-hybridized carbons (Fsp3) is 0.786. The van der Waals surface area contributed by atoms with Gasteiger partial charge in [0.2, 0.25) is 0 Å². The number of piperazine rings is 1. The van der Waals surface area contributed by atoms with Gasteiger partial charge in [-0.2, -0.15) is 0 Å². The molecule has 1 saturated heterocycles. The van der Waals surface area contributed by atoms with E-state index < -0.39 is 0 Å². The van der Waals surface area contributed by atoms with Crippen LogP contribution in [0.1, 0.15) is 32.4 Å². The van der Waals surface area contributed by atoms with Gasteiger partial charge < -0.3 is 19.5 Å². The van der Waals surface area contributed by atoms with Gasteiger partial charge in [0.25, 0.3) is 0 Å². The van der Waals surface area contributed by atoms with Crippen molar-refractivity contribution in [1.29, 1.82) is 0 Å². The van der Waals surface area contributed by atoms with Gasteiger partial charge in [0, 0.05) is 45.4 Å². The van der Waals surface area contributed by atoms with Crippen LogP contribution in [0.3, 0.4) is 0 Å². The van der Waals surface area contributed by atoms with Gasteiger partial charge >= 0.3 is 0 Å². The van der Waals surface area contributed by atoms with Gasteiger partial charge in [-0.05, 0) is 6.42 Å². The summed E-state index contributed by atoms with van der Waals surface area (Å²) < 4.78 is 10.2. The molecule has 0 bridgehead atoms. The highest BCUT2D eigenvalue weighted by atomic mass is 16.5. The number of nitrogens with zero attached hydrogens (tertiary/aromatic N) is 2. The summed E-state index contributed by atoms with van der Waals surface area (Å²) in [4.78, 5) is 2.47. The Kier molecular flexibility index (Phi) is 9.32. The van der Waals surface area contributed by atoms with Crippen LogP contribution in [0, 0.1) is 0 Å². The average molecular weight is 269 g/mol. The molecule has 1 aromatic heterocycles. The molecule has 0 radical (unpaired) electrons. The van der Waals surface area contributed by atoms with Crippen molar-refractivity contribution in [2.24, 2.45) is 0 Å². The van der Waals surface area contributed by atoms with Crippen LogP contribution in [0.15, 0.2) is 16.9 Å². The Labute approximate surface area is 116 Å². The third-order valence-electron chi connectivity index (χ3n) is 2.71. The summed E-state index contributed by atoms with van der Waals surface area (Å²) in [6.07, 6.45) is 3.90. The second-order valence-corrected chi connectivity index (χ2v) is 4.70. The van der Waals surface area contributed by atoms with Crippen LogP contribution in [-0.4, -0.2) is 49.4 Å². The van der Waals surface area contributed by atoms with Crippen LogP contribution in [0.25, 0.3) is 0 Å². The van der Waals surface area contributed by atoms with Crippen LogP contribution in [0.2, 0.25) is 0 Å². The van der Waals surface area contributed by atoms with Gasteiger partial charge in [-0.15, -0.1) is 0 Å². The van der Waals surface area contributed by atoms with Crippen molar-refractivity contribution in [3.05, 3.63) is 18.0 Å². The van der Waals surface area contributed by atoms with Crippen LogP contribution in [-0.2, 0) is 11.3 Å². The lowest BCUT2D eigenvalue weighted by Gasteiger charge is -2.26. The van der Waals surface area contributed by atoms with Gasteiger partial charge in [0.05, 0.1) is 6.61 Å². The molecule has 0 spiro atoms. The maximum Gasteiger partial charge on any atom is 0.124 e. The summed E-state index contributed by atoms with van der Waals surface area (Å²) in [6.45, 7) is 11.3. The topological polar surface area (TPSA) is 50.5 Å². The zero-order chi connectivity index (χ0) is 13.8. The molecule has 1 aliphatic rings. The molecular formula is C14H27N3O2. The molecule has 110 valence electrons. The van der Waals surface area contributed by atoms with Gasteiger partial charge in [-0.1, -0.05) is 25.4 Å². The molecule has 0 saturated carbocycles. The Hall–Kier alpha value is -0.910. The zero-order valence-corrected chi connectivity index (χ0v) is 12.2. The normalized spacial score (nSPS) is 15.9. The van der Waals surface area contributed by atoms with Gasteiger partial charge in [-0.3, -0.25) is 0 Å². The Bertz CT molecular complexity index is 285. The van der Waals surface area contributed by atoms with E-state index in [1.54, 1.807) is 6.26 Å². The quantitative estimate of drug-likeness (QED) is 0.799. The summed E-state index contributed by atoms with van der Waals surface area (Å²) in [5, 5.41) is 7.13. The third-order valence-corrected chi connectivity index (χ3v) is 2.71. The monoisotopic (exact) mass is 269 g/mol. The van der Waals surface area contributed by atoms with E-state index in [1.807, 2.05) is 6.07 Å². The highest BCUT2D eigenvalue weighted by Crippen LogP contribution is 1.99. The minimum absolute atomic E-state index is 0.554. The Morgan fingerprint density at radius 1 is 1.37 bits per heavy atom. The van der Waals surface area contributed by atoms with Crippen molar-refractivity contribution in [2.75, 3.05) is 39.3 Å². The number of hydrogen-bond acceptors (Lipinski definition) is 5. The molecule has 0 aliphatic carbocycles. The van der Waals surface area contributed by atoms with Crippen LogP contribution < -0.4 is 5.32 Å². The molecule has 1 fully saturated rings. The van der Waals surface area contributed by atoms with E-state index in [0.717, 1.165) is 51.4 Å². The Balaban J connectivity index is 0.000000550. The highest BCUT2D eigenvalue weighted by molar-refractivity contribution is 4.92.